The molecule has 0 saturated carbocycles. The largest absolute Gasteiger partial charge is 0.481 e. The van der Waals surface area contributed by atoms with Crippen LogP contribution in [0.4, 0.5) is 0 Å². The van der Waals surface area contributed by atoms with E-state index in [0.29, 0.717) is 19.4 Å². The van der Waals surface area contributed by atoms with E-state index in [2.05, 4.69) is 5.32 Å². The van der Waals surface area contributed by atoms with Gasteiger partial charge in [-0.25, -0.2) is 0 Å². The van der Waals surface area contributed by atoms with Gasteiger partial charge in [0.2, 0.25) is 5.91 Å². The molecule has 1 atom stereocenters. The Hall–Kier alpha value is -1.10. The second-order valence-electron chi connectivity index (χ2n) is 5.87. The molecule has 0 fully saturated rings. The van der Waals surface area contributed by atoms with Crippen molar-refractivity contribution >= 4 is 11.9 Å². The van der Waals surface area contributed by atoms with Gasteiger partial charge in [-0.05, 0) is 31.2 Å². The number of hydrogen-bond acceptors (Lipinski definition) is 3. The van der Waals surface area contributed by atoms with Crippen LogP contribution >= 0.6 is 0 Å². The van der Waals surface area contributed by atoms with Crippen LogP contribution in [0.1, 0.15) is 52.9 Å². The summed E-state index contributed by atoms with van der Waals surface area (Å²) in [6.45, 7) is 6.67. The van der Waals surface area contributed by atoms with Crippen LogP contribution in [0, 0.1) is 5.41 Å². The number of hydrogen-bond donors (Lipinski definition) is 3. The number of rotatable bonds is 8. The van der Waals surface area contributed by atoms with E-state index in [1.165, 1.54) is 0 Å². The van der Waals surface area contributed by atoms with E-state index in [9.17, 15) is 9.59 Å². The predicted molar refractivity (Wildman–Crippen MR) is 71.2 cm³/mol. The van der Waals surface area contributed by atoms with Crippen LogP contribution in [-0.2, 0) is 9.59 Å². The third kappa shape index (κ3) is 10.1. The van der Waals surface area contributed by atoms with E-state index in [4.69, 9.17) is 10.8 Å². The number of amides is 1. The highest BCUT2D eigenvalue weighted by atomic mass is 16.4. The molecule has 1 amide bonds. The van der Waals surface area contributed by atoms with Gasteiger partial charge in [0.05, 0.1) is 6.42 Å². The lowest BCUT2D eigenvalue weighted by Gasteiger charge is -2.25. The molecule has 0 heterocycles. The highest BCUT2D eigenvalue weighted by Crippen LogP contribution is 2.22. The quantitative estimate of drug-likeness (QED) is 0.575. The Bertz CT molecular complexity index is 272. The number of carbonyl (C=O) groups excluding carboxylic acids is 1. The third-order valence-electron chi connectivity index (χ3n) is 2.50. The third-order valence-corrected chi connectivity index (χ3v) is 2.50. The Morgan fingerprint density at radius 1 is 1.28 bits per heavy atom. The molecule has 0 rings (SSSR count). The molecule has 0 aliphatic rings. The highest BCUT2D eigenvalue weighted by Gasteiger charge is 2.22. The summed E-state index contributed by atoms with van der Waals surface area (Å²) in [6.07, 6.45) is 2.60. The minimum atomic E-state index is -0.883. The summed E-state index contributed by atoms with van der Waals surface area (Å²) in [6, 6.07) is -0.298. The van der Waals surface area contributed by atoms with Crippen LogP contribution in [0.2, 0.25) is 0 Å². The van der Waals surface area contributed by atoms with E-state index < -0.39 is 5.97 Å². The van der Waals surface area contributed by atoms with Crippen molar-refractivity contribution < 1.29 is 14.7 Å². The van der Waals surface area contributed by atoms with Gasteiger partial charge in [-0.1, -0.05) is 20.8 Å². The lowest BCUT2D eigenvalue weighted by molar-refractivity contribution is -0.137. The molecule has 106 valence electrons. The van der Waals surface area contributed by atoms with Gasteiger partial charge in [0.1, 0.15) is 0 Å². The van der Waals surface area contributed by atoms with Gasteiger partial charge in [-0.3, -0.25) is 9.59 Å². The first-order chi connectivity index (χ1) is 8.24. The van der Waals surface area contributed by atoms with Gasteiger partial charge in [0.15, 0.2) is 0 Å². The Balaban J connectivity index is 4.22. The molecular weight excluding hydrogens is 232 g/mol. The van der Waals surface area contributed by atoms with Crippen molar-refractivity contribution in [3.05, 3.63) is 0 Å². The molecule has 0 aromatic heterocycles. The molecule has 5 heteroatoms. The average molecular weight is 258 g/mol. The second kappa shape index (κ2) is 8.08. The fourth-order valence-electron chi connectivity index (χ4n) is 1.85. The van der Waals surface area contributed by atoms with Crippen molar-refractivity contribution in [1.82, 2.24) is 5.32 Å². The zero-order chi connectivity index (χ0) is 14.2. The second-order valence-corrected chi connectivity index (χ2v) is 5.87. The molecule has 0 aromatic carbocycles. The summed E-state index contributed by atoms with van der Waals surface area (Å²) in [4.78, 5) is 22.4. The molecule has 0 spiro atoms. The highest BCUT2D eigenvalue weighted by molar-refractivity contribution is 5.77. The van der Waals surface area contributed by atoms with Gasteiger partial charge >= 0.3 is 5.97 Å². The summed E-state index contributed by atoms with van der Waals surface area (Å²) < 4.78 is 0. The van der Waals surface area contributed by atoms with Crippen molar-refractivity contribution in [2.24, 2.45) is 11.1 Å². The first-order valence-electron chi connectivity index (χ1n) is 6.46. The fourth-order valence-corrected chi connectivity index (χ4v) is 1.85. The maximum absolute atomic E-state index is 11.7. The van der Waals surface area contributed by atoms with Crippen molar-refractivity contribution in [1.29, 1.82) is 0 Å². The first kappa shape index (κ1) is 16.9. The Kier molecular flexibility index (Phi) is 7.59. The molecule has 0 aliphatic heterocycles. The molecular formula is C13H26N2O3. The minimum absolute atomic E-state index is 0.00927. The lowest BCUT2D eigenvalue weighted by atomic mass is 9.87. The number of nitrogens with two attached hydrogens (primary N) is 1. The van der Waals surface area contributed by atoms with Crippen molar-refractivity contribution in [2.75, 3.05) is 6.54 Å². The topological polar surface area (TPSA) is 92.4 Å². The minimum Gasteiger partial charge on any atom is -0.481 e. The smallest absolute Gasteiger partial charge is 0.305 e. The molecule has 0 saturated heterocycles. The van der Waals surface area contributed by atoms with E-state index in [-0.39, 0.29) is 23.8 Å². The number of aliphatic carboxylic acids is 1. The van der Waals surface area contributed by atoms with Crippen LogP contribution in [-0.4, -0.2) is 29.6 Å². The monoisotopic (exact) mass is 258 g/mol. The Morgan fingerprint density at radius 2 is 1.89 bits per heavy atom. The molecule has 18 heavy (non-hydrogen) atoms. The zero-order valence-electron chi connectivity index (χ0n) is 11.7. The Morgan fingerprint density at radius 3 is 2.33 bits per heavy atom. The van der Waals surface area contributed by atoms with E-state index in [1.807, 2.05) is 20.8 Å². The normalized spacial score (nSPS) is 13.1. The van der Waals surface area contributed by atoms with Gasteiger partial charge < -0.3 is 16.2 Å². The molecule has 0 aromatic rings. The summed E-state index contributed by atoms with van der Waals surface area (Å²) in [5.74, 6) is -0.967. The van der Waals surface area contributed by atoms with Crippen LogP contribution in [0.5, 0.6) is 0 Å². The molecule has 4 N–H and O–H groups in total. The van der Waals surface area contributed by atoms with Crippen LogP contribution < -0.4 is 11.1 Å². The standard InChI is InChI=1S/C13H26N2O3/c1-13(2,3)9-10(8-12(17)18)15-11(16)6-4-5-7-14/h10H,4-9,14H2,1-3H3,(H,15,16)(H,17,18). The van der Waals surface area contributed by atoms with Crippen LogP contribution in [0.15, 0.2) is 0 Å². The van der Waals surface area contributed by atoms with Gasteiger partial charge in [0.25, 0.3) is 0 Å². The Labute approximate surface area is 109 Å². The SMILES string of the molecule is CC(C)(C)CC(CC(=O)O)NC(=O)CCCCN. The van der Waals surface area contributed by atoms with E-state index in [1.54, 1.807) is 0 Å². The van der Waals surface area contributed by atoms with Gasteiger partial charge in [-0.15, -0.1) is 0 Å². The van der Waals surface area contributed by atoms with Crippen LogP contribution in [0.25, 0.3) is 0 Å². The average Bonchev–Trinajstić information content (AvgIpc) is 2.13. The van der Waals surface area contributed by atoms with Gasteiger partial charge in [-0.2, -0.15) is 0 Å². The summed E-state index contributed by atoms with van der Waals surface area (Å²) >= 11 is 0. The first-order valence-corrected chi connectivity index (χ1v) is 6.46. The molecule has 0 radical (unpaired) electrons. The maximum Gasteiger partial charge on any atom is 0.305 e. The summed E-state index contributed by atoms with van der Waals surface area (Å²) in [5, 5.41) is 11.6. The molecule has 0 aliphatic carbocycles. The van der Waals surface area contributed by atoms with Crippen molar-refractivity contribution in [3.8, 4) is 0 Å². The van der Waals surface area contributed by atoms with Crippen LogP contribution in [0.3, 0.4) is 0 Å². The predicted octanol–water partition coefficient (Wildman–Crippen LogP) is 1.51. The van der Waals surface area contributed by atoms with Crippen molar-refractivity contribution in [2.45, 2.75) is 58.9 Å². The molecule has 5 nitrogen and oxygen atoms in total. The number of nitrogens with one attached hydrogen (secondary N) is 1. The fraction of sp³-hybridized carbons (Fsp3) is 0.846. The number of unbranched alkanes of at least 4 members (excludes halogenated alkanes) is 1. The van der Waals surface area contributed by atoms with Gasteiger partial charge in [0, 0.05) is 12.5 Å². The summed E-state index contributed by atoms with van der Waals surface area (Å²) in [7, 11) is 0. The van der Waals surface area contributed by atoms with Crippen molar-refractivity contribution in [3.63, 3.8) is 0 Å². The maximum atomic E-state index is 11.7. The lowest BCUT2D eigenvalue weighted by Crippen LogP contribution is -2.39. The van der Waals surface area contributed by atoms with E-state index in [0.717, 1.165) is 12.8 Å². The molecule has 1 unspecified atom stereocenters. The number of carboxylic acid groups (broad SMARTS) is 1. The number of carboxylic acids is 1. The van der Waals surface area contributed by atoms with E-state index >= 15 is 0 Å². The number of carbonyl (C=O) groups is 2. The molecule has 0 bridgehead atoms. The zero-order valence-corrected chi connectivity index (χ0v) is 11.7. The summed E-state index contributed by atoms with van der Waals surface area (Å²) in [5.41, 5.74) is 5.35.